The van der Waals surface area contributed by atoms with Gasteiger partial charge in [-0.25, -0.2) is 0 Å². The highest BCUT2D eigenvalue weighted by Gasteiger charge is 2.31. The van der Waals surface area contributed by atoms with E-state index in [1.807, 2.05) is 0 Å². The first-order valence-corrected chi connectivity index (χ1v) is 10.8. The van der Waals surface area contributed by atoms with Crippen LogP contribution in [0.15, 0.2) is 75.2 Å². The summed E-state index contributed by atoms with van der Waals surface area (Å²) < 4.78 is 45.9. The number of ether oxygens (including phenoxy) is 1. The summed E-state index contributed by atoms with van der Waals surface area (Å²) in [6.45, 7) is 0. The molecule has 4 rings (SSSR count). The van der Waals surface area contributed by atoms with Gasteiger partial charge in [0.05, 0.1) is 22.5 Å². The number of aromatic amines is 1. The number of nitrogens with zero attached hydrogens (tertiary/aromatic N) is 1. The topological polar surface area (TPSA) is 85.2 Å². The average molecular weight is 507 g/mol. The first-order chi connectivity index (χ1) is 16.1. The maximum absolute atomic E-state index is 13.5. The maximum atomic E-state index is 13.5. The Hall–Kier alpha value is -3.50. The summed E-state index contributed by atoms with van der Waals surface area (Å²) in [6.07, 6.45) is -4.61. The van der Waals surface area contributed by atoms with Crippen molar-refractivity contribution in [3.8, 4) is 16.9 Å². The summed E-state index contributed by atoms with van der Waals surface area (Å²) in [6, 6.07) is 13.1. The Labute approximate surface area is 199 Å². The molecule has 1 N–H and O–H groups in total. The highest BCUT2D eigenvalue weighted by Crippen LogP contribution is 2.44. The first-order valence-electron chi connectivity index (χ1n) is 9.62. The minimum Gasteiger partial charge on any atom is -0.496 e. The first kappa shape index (κ1) is 23.7. The Kier molecular flexibility index (Phi) is 6.28. The molecule has 0 radical (unpaired) electrons. The smallest absolute Gasteiger partial charge is 0.416 e. The molecular weight excluding hydrogens is 493 g/mol. The lowest BCUT2D eigenvalue weighted by Gasteiger charge is -2.17. The Morgan fingerprint density at radius 2 is 1.76 bits per heavy atom. The van der Waals surface area contributed by atoms with Gasteiger partial charge in [0.1, 0.15) is 5.75 Å². The van der Waals surface area contributed by atoms with Crippen molar-refractivity contribution in [3.05, 3.63) is 91.7 Å². The van der Waals surface area contributed by atoms with E-state index >= 15 is 0 Å². The molecule has 0 saturated carbocycles. The molecule has 3 aromatic carbocycles. The highest BCUT2D eigenvalue weighted by atomic mass is 35.5. The van der Waals surface area contributed by atoms with Crippen molar-refractivity contribution >= 4 is 40.0 Å². The van der Waals surface area contributed by atoms with Gasteiger partial charge in [-0.3, -0.25) is 14.9 Å². The van der Waals surface area contributed by atoms with Gasteiger partial charge in [0.25, 0.3) is 11.2 Å². The van der Waals surface area contributed by atoms with Gasteiger partial charge in [0.2, 0.25) is 0 Å². The van der Waals surface area contributed by atoms with Crippen LogP contribution >= 0.6 is 23.4 Å². The summed E-state index contributed by atoms with van der Waals surface area (Å²) in [5.74, 6) is 0.305. The van der Waals surface area contributed by atoms with E-state index in [1.54, 1.807) is 12.1 Å². The third kappa shape index (κ3) is 4.59. The van der Waals surface area contributed by atoms with E-state index in [2.05, 4.69) is 4.98 Å². The van der Waals surface area contributed by atoms with Crippen LogP contribution in [0, 0.1) is 10.1 Å². The number of hydrogen-bond acceptors (Lipinski definition) is 5. The van der Waals surface area contributed by atoms with Crippen LogP contribution in [0.2, 0.25) is 5.02 Å². The molecule has 0 unspecified atom stereocenters. The minimum atomic E-state index is -4.61. The van der Waals surface area contributed by atoms with Gasteiger partial charge in [-0.05, 0) is 48.5 Å². The number of fused-ring (bicyclic) bond motifs is 1. The zero-order chi connectivity index (χ0) is 24.6. The number of benzene rings is 3. The Bertz CT molecular complexity index is 1470. The van der Waals surface area contributed by atoms with Crippen LogP contribution in [0.5, 0.6) is 5.75 Å². The Morgan fingerprint density at radius 1 is 1.06 bits per heavy atom. The van der Waals surface area contributed by atoms with Crippen LogP contribution in [0.3, 0.4) is 0 Å². The number of aromatic nitrogens is 1. The van der Waals surface area contributed by atoms with E-state index in [4.69, 9.17) is 16.3 Å². The van der Waals surface area contributed by atoms with Crippen LogP contribution in [0.25, 0.3) is 22.0 Å². The third-order valence-corrected chi connectivity index (χ3v) is 6.33. The highest BCUT2D eigenvalue weighted by molar-refractivity contribution is 7.99. The molecule has 34 heavy (non-hydrogen) atoms. The van der Waals surface area contributed by atoms with Crippen molar-refractivity contribution in [3.63, 3.8) is 0 Å². The van der Waals surface area contributed by atoms with Crippen molar-refractivity contribution in [2.24, 2.45) is 0 Å². The molecule has 0 atom stereocenters. The summed E-state index contributed by atoms with van der Waals surface area (Å²) in [4.78, 5) is 26.7. The number of pyridine rings is 1. The second-order valence-corrected chi connectivity index (χ2v) is 8.63. The molecule has 0 bridgehead atoms. The molecule has 174 valence electrons. The number of non-ortho nitro benzene ring substituents is 1. The molecule has 0 spiro atoms. The molecule has 0 aliphatic carbocycles. The van der Waals surface area contributed by atoms with Gasteiger partial charge >= 0.3 is 6.18 Å². The number of hydrogen-bond donors (Lipinski definition) is 1. The van der Waals surface area contributed by atoms with Gasteiger partial charge in [-0.2, -0.15) is 13.2 Å². The Morgan fingerprint density at radius 3 is 2.38 bits per heavy atom. The number of H-pyrrole nitrogens is 1. The maximum Gasteiger partial charge on any atom is 0.416 e. The molecule has 0 saturated heterocycles. The van der Waals surface area contributed by atoms with Crippen LogP contribution in [-0.4, -0.2) is 17.0 Å². The summed E-state index contributed by atoms with van der Waals surface area (Å²) in [7, 11) is 1.40. The van der Waals surface area contributed by atoms with Crippen LogP contribution in [0.1, 0.15) is 5.56 Å². The second kappa shape index (κ2) is 9.03. The third-order valence-electron chi connectivity index (χ3n) is 5.00. The van der Waals surface area contributed by atoms with Crippen molar-refractivity contribution < 1.29 is 22.8 Å². The monoisotopic (exact) mass is 506 g/mol. The lowest BCUT2D eigenvalue weighted by Crippen LogP contribution is -2.12. The molecular formula is C23H14ClF3N2O4S. The molecule has 1 aromatic heterocycles. The van der Waals surface area contributed by atoms with E-state index in [-0.39, 0.29) is 27.0 Å². The standard InChI is InChI=1S/C23H14ClF3N2O4S/c1-33-19-9-3-13(24)11-17(19)20-16-10-12(23(25,26)27)2-8-18(16)28-22(30)21(20)34-15-6-4-14(5-7-15)29(31)32/h2-11H,1H3,(H,28,30). The molecule has 0 amide bonds. The largest absolute Gasteiger partial charge is 0.496 e. The van der Waals surface area contributed by atoms with E-state index in [1.165, 1.54) is 43.5 Å². The number of halogens is 4. The van der Waals surface area contributed by atoms with Gasteiger partial charge in [-0.1, -0.05) is 23.4 Å². The van der Waals surface area contributed by atoms with Crippen molar-refractivity contribution in [2.45, 2.75) is 16.0 Å². The van der Waals surface area contributed by atoms with Crippen LogP contribution in [0.4, 0.5) is 18.9 Å². The van der Waals surface area contributed by atoms with E-state index < -0.39 is 22.2 Å². The molecule has 4 aromatic rings. The van der Waals surface area contributed by atoms with Crippen LogP contribution < -0.4 is 10.3 Å². The molecule has 11 heteroatoms. The molecule has 0 fully saturated rings. The predicted octanol–water partition coefficient (Wildman–Crippen LogP) is 6.94. The van der Waals surface area contributed by atoms with Crippen molar-refractivity contribution in [1.82, 2.24) is 4.98 Å². The van der Waals surface area contributed by atoms with Crippen molar-refractivity contribution in [2.75, 3.05) is 7.11 Å². The fourth-order valence-electron chi connectivity index (χ4n) is 3.45. The SMILES string of the molecule is COc1ccc(Cl)cc1-c1c(Sc2ccc([N+](=O)[O-])cc2)c(=O)[nH]c2ccc(C(F)(F)F)cc12. The lowest BCUT2D eigenvalue weighted by atomic mass is 9.98. The average Bonchev–Trinajstić information content (AvgIpc) is 2.79. The zero-order valence-corrected chi connectivity index (χ0v) is 18.8. The fraction of sp³-hybridized carbons (Fsp3) is 0.0870. The van der Waals surface area contributed by atoms with Gasteiger partial charge in [0, 0.05) is 44.1 Å². The lowest BCUT2D eigenvalue weighted by molar-refractivity contribution is -0.384. The van der Waals surface area contributed by atoms with E-state index in [0.29, 0.717) is 21.2 Å². The predicted molar refractivity (Wildman–Crippen MR) is 124 cm³/mol. The number of methoxy groups -OCH3 is 1. The summed E-state index contributed by atoms with van der Waals surface area (Å²) in [5, 5.41) is 11.4. The zero-order valence-electron chi connectivity index (χ0n) is 17.3. The van der Waals surface area contributed by atoms with Gasteiger partial charge in [-0.15, -0.1) is 0 Å². The number of rotatable bonds is 5. The summed E-state index contributed by atoms with van der Waals surface area (Å²) >= 11 is 7.15. The number of alkyl halides is 3. The number of nitro benzene ring substituents is 1. The quantitative estimate of drug-likeness (QED) is 0.234. The molecule has 6 nitrogen and oxygen atoms in total. The van der Waals surface area contributed by atoms with E-state index in [9.17, 15) is 28.1 Å². The normalized spacial score (nSPS) is 11.6. The van der Waals surface area contributed by atoms with Gasteiger partial charge in [0.15, 0.2) is 0 Å². The van der Waals surface area contributed by atoms with Gasteiger partial charge < -0.3 is 9.72 Å². The fourth-order valence-corrected chi connectivity index (χ4v) is 4.59. The summed E-state index contributed by atoms with van der Waals surface area (Å²) in [5.41, 5.74) is -0.845. The number of nitrogens with one attached hydrogen (secondary N) is 1. The Balaban J connectivity index is 2.04. The molecule has 1 heterocycles. The number of nitro groups is 1. The molecule has 0 aliphatic heterocycles. The molecule has 0 aliphatic rings. The van der Waals surface area contributed by atoms with Crippen molar-refractivity contribution in [1.29, 1.82) is 0 Å². The van der Waals surface area contributed by atoms with Crippen LogP contribution in [-0.2, 0) is 6.18 Å². The minimum absolute atomic E-state index is 0.0845. The second-order valence-electron chi connectivity index (χ2n) is 7.11. The van der Waals surface area contributed by atoms with E-state index in [0.717, 1.165) is 23.9 Å².